The van der Waals surface area contributed by atoms with Crippen LogP contribution in [0.3, 0.4) is 0 Å². The van der Waals surface area contributed by atoms with Crippen LogP contribution in [0.25, 0.3) is 0 Å². The van der Waals surface area contributed by atoms with E-state index in [-0.39, 0.29) is 12.1 Å². The topological polar surface area (TPSA) is 26.3 Å². The van der Waals surface area contributed by atoms with E-state index >= 15 is 0 Å². The van der Waals surface area contributed by atoms with Crippen molar-refractivity contribution in [2.75, 3.05) is 0 Å². The Kier molecular flexibility index (Phi) is 3.28. The summed E-state index contributed by atoms with van der Waals surface area (Å²) in [4.78, 5) is 11.0. The predicted molar refractivity (Wildman–Crippen MR) is 63.1 cm³/mol. The number of hydrogen-bond donors (Lipinski definition) is 0. The third-order valence-corrected chi connectivity index (χ3v) is 2.88. The quantitative estimate of drug-likeness (QED) is 0.728. The fourth-order valence-electron chi connectivity index (χ4n) is 2.10. The molecule has 1 saturated heterocycles. The van der Waals surface area contributed by atoms with Gasteiger partial charge >= 0.3 is 5.97 Å². The third kappa shape index (κ3) is 2.63. The van der Waals surface area contributed by atoms with Gasteiger partial charge in [0.25, 0.3) is 0 Å². The van der Waals surface area contributed by atoms with Gasteiger partial charge < -0.3 is 4.74 Å². The van der Waals surface area contributed by atoms with Crippen molar-refractivity contribution in [2.24, 2.45) is 5.92 Å². The van der Waals surface area contributed by atoms with E-state index in [4.69, 9.17) is 4.74 Å². The van der Waals surface area contributed by atoms with Gasteiger partial charge in [-0.25, -0.2) is 0 Å². The molecule has 0 aliphatic carbocycles. The lowest BCUT2D eigenvalue weighted by Gasteiger charge is -2.11. The lowest BCUT2D eigenvalue weighted by atomic mass is 9.99. The van der Waals surface area contributed by atoms with E-state index in [0.29, 0.717) is 12.3 Å². The van der Waals surface area contributed by atoms with Crippen LogP contribution >= 0.6 is 0 Å². The molecule has 0 N–H and O–H groups in total. The number of carbonyl (C=O) groups is 1. The normalized spacial score (nSPS) is 20.2. The zero-order chi connectivity index (χ0) is 11.5. The first kappa shape index (κ1) is 11.2. The maximum Gasteiger partial charge on any atom is 0.306 e. The van der Waals surface area contributed by atoms with Crippen LogP contribution < -0.4 is 0 Å². The van der Waals surface area contributed by atoms with Crippen LogP contribution in [0.5, 0.6) is 0 Å². The first-order valence-electron chi connectivity index (χ1n) is 5.93. The molecule has 0 bridgehead atoms. The van der Waals surface area contributed by atoms with Crippen LogP contribution in [-0.2, 0) is 16.0 Å². The van der Waals surface area contributed by atoms with Gasteiger partial charge in [-0.2, -0.15) is 0 Å². The van der Waals surface area contributed by atoms with Gasteiger partial charge in [0.1, 0.15) is 6.10 Å². The average Bonchev–Trinajstić information content (AvgIpc) is 2.65. The second kappa shape index (κ2) is 4.69. The molecule has 86 valence electrons. The first-order chi connectivity index (χ1) is 7.65. The van der Waals surface area contributed by atoms with Gasteiger partial charge in [0.15, 0.2) is 0 Å². The highest BCUT2D eigenvalue weighted by Crippen LogP contribution is 2.29. The molecule has 0 radical (unpaired) electrons. The smallest absolute Gasteiger partial charge is 0.306 e. The van der Waals surface area contributed by atoms with E-state index in [9.17, 15) is 4.79 Å². The zero-order valence-electron chi connectivity index (χ0n) is 9.90. The van der Waals surface area contributed by atoms with E-state index < -0.39 is 0 Å². The lowest BCUT2D eigenvalue weighted by molar-refractivity contribution is -0.141. The summed E-state index contributed by atoms with van der Waals surface area (Å²) >= 11 is 0. The standard InChI is InChI=1S/C14H18O2/c1-10(2)9-11-3-5-12(6-4-11)13-7-8-14(15)16-13/h3-6,10,13H,7-9H2,1-2H3. The Hall–Kier alpha value is -1.31. The monoisotopic (exact) mass is 218 g/mol. The SMILES string of the molecule is CC(C)Cc1ccc(C2CCC(=O)O2)cc1. The summed E-state index contributed by atoms with van der Waals surface area (Å²) in [6.07, 6.45) is 2.46. The molecular formula is C14H18O2. The van der Waals surface area contributed by atoms with Crippen molar-refractivity contribution in [1.29, 1.82) is 0 Å². The molecule has 2 nitrogen and oxygen atoms in total. The van der Waals surface area contributed by atoms with Crippen LogP contribution in [-0.4, -0.2) is 5.97 Å². The molecule has 0 amide bonds. The Balaban J connectivity index is 2.04. The second-order valence-electron chi connectivity index (χ2n) is 4.86. The summed E-state index contributed by atoms with van der Waals surface area (Å²) in [5.41, 5.74) is 2.47. The highest BCUT2D eigenvalue weighted by atomic mass is 16.5. The molecular weight excluding hydrogens is 200 g/mol. The minimum absolute atomic E-state index is 0.0133. The molecule has 1 unspecified atom stereocenters. The second-order valence-corrected chi connectivity index (χ2v) is 4.86. The summed E-state index contributed by atoms with van der Waals surface area (Å²) in [5.74, 6) is 0.603. The van der Waals surface area contributed by atoms with Gasteiger partial charge in [-0.3, -0.25) is 4.79 Å². The molecule has 2 heteroatoms. The molecule has 1 aliphatic heterocycles. The Bertz CT molecular complexity index is 365. The number of benzene rings is 1. The van der Waals surface area contributed by atoms with Crippen molar-refractivity contribution < 1.29 is 9.53 Å². The van der Waals surface area contributed by atoms with Crippen LogP contribution in [0.2, 0.25) is 0 Å². The van der Waals surface area contributed by atoms with Crippen LogP contribution in [0.1, 0.15) is 43.9 Å². The van der Waals surface area contributed by atoms with E-state index in [2.05, 4.69) is 38.1 Å². The largest absolute Gasteiger partial charge is 0.457 e. The fourth-order valence-corrected chi connectivity index (χ4v) is 2.10. The van der Waals surface area contributed by atoms with Crippen molar-refractivity contribution in [1.82, 2.24) is 0 Å². The van der Waals surface area contributed by atoms with Gasteiger partial charge in [0.2, 0.25) is 0 Å². The molecule has 16 heavy (non-hydrogen) atoms. The van der Waals surface area contributed by atoms with Crippen LogP contribution in [0, 0.1) is 5.92 Å². The molecule has 1 atom stereocenters. The van der Waals surface area contributed by atoms with Gasteiger partial charge in [0, 0.05) is 6.42 Å². The van der Waals surface area contributed by atoms with Gasteiger partial charge in [0.05, 0.1) is 0 Å². The molecule has 1 aromatic carbocycles. The summed E-state index contributed by atoms with van der Waals surface area (Å²) in [5, 5.41) is 0. The van der Waals surface area contributed by atoms with E-state index in [1.807, 2.05) is 0 Å². The van der Waals surface area contributed by atoms with Gasteiger partial charge in [-0.15, -0.1) is 0 Å². The Morgan fingerprint density at radius 1 is 1.31 bits per heavy atom. The molecule has 1 aliphatic rings. The maximum absolute atomic E-state index is 11.0. The molecule has 1 aromatic rings. The van der Waals surface area contributed by atoms with Crippen molar-refractivity contribution in [2.45, 2.75) is 39.2 Å². The Morgan fingerprint density at radius 2 is 2.00 bits per heavy atom. The minimum atomic E-state index is -0.0729. The summed E-state index contributed by atoms with van der Waals surface area (Å²) in [7, 11) is 0. The number of ether oxygens (including phenoxy) is 1. The number of carbonyl (C=O) groups excluding carboxylic acids is 1. The number of rotatable bonds is 3. The van der Waals surface area contributed by atoms with Crippen LogP contribution in [0.4, 0.5) is 0 Å². The number of cyclic esters (lactones) is 1. The van der Waals surface area contributed by atoms with E-state index in [1.165, 1.54) is 5.56 Å². The van der Waals surface area contributed by atoms with Crippen LogP contribution in [0.15, 0.2) is 24.3 Å². The minimum Gasteiger partial charge on any atom is -0.457 e. The Morgan fingerprint density at radius 3 is 2.50 bits per heavy atom. The van der Waals surface area contributed by atoms with Crippen molar-refractivity contribution in [3.05, 3.63) is 35.4 Å². The summed E-state index contributed by atoms with van der Waals surface area (Å²) in [6, 6.07) is 8.45. The van der Waals surface area contributed by atoms with E-state index in [0.717, 1.165) is 18.4 Å². The molecule has 1 fully saturated rings. The number of hydrogen-bond acceptors (Lipinski definition) is 2. The maximum atomic E-state index is 11.0. The van der Waals surface area contributed by atoms with Crippen molar-refractivity contribution >= 4 is 5.97 Å². The predicted octanol–water partition coefficient (Wildman–Crippen LogP) is 3.26. The average molecular weight is 218 g/mol. The van der Waals surface area contributed by atoms with E-state index in [1.54, 1.807) is 0 Å². The van der Waals surface area contributed by atoms with Crippen molar-refractivity contribution in [3.63, 3.8) is 0 Å². The molecule has 0 saturated carbocycles. The van der Waals surface area contributed by atoms with Gasteiger partial charge in [-0.1, -0.05) is 38.1 Å². The highest BCUT2D eigenvalue weighted by Gasteiger charge is 2.24. The third-order valence-electron chi connectivity index (χ3n) is 2.88. The van der Waals surface area contributed by atoms with Crippen molar-refractivity contribution in [3.8, 4) is 0 Å². The first-order valence-corrected chi connectivity index (χ1v) is 5.93. The lowest BCUT2D eigenvalue weighted by Crippen LogP contribution is -1.99. The Labute approximate surface area is 96.6 Å². The molecule has 1 heterocycles. The molecule has 0 aromatic heterocycles. The zero-order valence-corrected chi connectivity index (χ0v) is 9.90. The molecule has 2 rings (SSSR count). The summed E-state index contributed by atoms with van der Waals surface area (Å²) in [6.45, 7) is 4.43. The highest BCUT2D eigenvalue weighted by molar-refractivity contribution is 5.71. The fraction of sp³-hybridized carbons (Fsp3) is 0.500. The number of esters is 1. The summed E-state index contributed by atoms with van der Waals surface area (Å²) < 4.78 is 5.23. The molecule has 0 spiro atoms. The van der Waals surface area contributed by atoms with Gasteiger partial charge in [-0.05, 0) is 29.9 Å².